The largest absolute Gasteiger partial charge is 0.497 e. The second-order valence-corrected chi connectivity index (χ2v) is 5.26. The van der Waals surface area contributed by atoms with Gasteiger partial charge >= 0.3 is 18.1 Å². The van der Waals surface area contributed by atoms with Crippen molar-refractivity contribution in [2.75, 3.05) is 12.4 Å². The van der Waals surface area contributed by atoms with E-state index in [1.807, 2.05) is 0 Å². The number of carboxylic acids is 2. The molecule has 0 aliphatic rings. The van der Waals surface area contributed by atoms with Crippen LogP contribution < -0.4 is 10.1 Å². The van der Waals surface area contributed by atoms with Gasteiger partial charge in [-0.15, -0.1) is 0 Å². The van der Waals surface area contributed by atoms with Gasteiger partial charge in [0.05, 0.1) is 12.8 Å². The normalized spacial score (nSPS) is 10.7. The van der Waals surface area contributed by atoms with E-state index >= 15 is 0 Å². The Bertz CT molecular complexity index is 987. The molecule has 0 bridgehead atoms. The predicted octanol–water partition coefficient (Wildman–Crippen LogP) is 3.65. The lowest BCUT2D eigenvalue weighted by Crippen LogP contribution is -2.21. The van der Waals surface area contributed by atoms with Crippen LogP contribution in [0.25, 0.3) is 10.9 Å². The van der Waals surface area contributed by atoms with Crippen molar-refractivity contribution >= 4 is 34.2 Å². The number of benzene rings is 1. The molecule has 3 aromatic rings. The fraction of sp³-hybridized carbons (Fsp3) is 0.118. The number of alkyl halides is 3. The van der Waals surface area contributed by atoms with Crippen LogP contribution >= 0.6 is 0 Å². The minimum absolute atomic E-state index is 0.107. The molecule has 148 valence electrons. The molecule has 0 saturated carbocycles. The summed E-state index contributed by atoms with van der Waals surface area (Å²) >= 11 is 0. The maximum atomic E-state index is 11.4. The van der Waals surface area contributed by atoms with E-state index in [-0.39, 0.29) is 5.69 Å². The molecular weight excluding hydrogens is 383 g/mol. The average molecular weight is 397 g/mol. The van der Waals surface area contributed by atoms with Crippen LogP contribution in [0.3, 0.4) is 0 Å². The minimum Gasteiger partial charge on any atom is -0.497 e. The molecule has 0 amide bonds. The van der Waals surface area contributed by atoms with Crippen LogP contribution in [0, 0.1) is 0 Å². The molecule has 0 fully saturated rings. The Balaban J connectivity index is 0.000000345. The topological polar surface area (TPSA) is 125 Å². The van der Waals surface area contributed by atoms with Gasteiger partial charge in [0.2, 0.25) is 0 Å². The molecule has 0 saturated heterocycles. The molecule has 0 aliphatic carbocycles. The van der Waals surface area contributed by atoms with Crippen molar-refractivity contribution in [2.24, 2.45) is 0 Å². The van der Waals surface area contributed by atoms with E-state index in [0.29, 0.717) is 11.4 Å². The second-order valence-electron chi connectivity index (χ2n) is 5.26. The highest BCUT2D eigenvalue weighted by Gasteiger charge is 2.38. The number of anilines is 2. The van der Waals surface area contributed by atoms with Gasteiger partial charge in [0.25, 0.3) is 0 Å². The summed E-state index contributed by atoms with van der Waals surface area (Å²) in [5.41, 5.74) is 2.10. The zero-order valence-corrected chi connectivity index (χ0v) is 14.2. The quantitative estimate of drug-likeness (QED) is 0.530. The van der Waals surface area contributed by atoms with Gasteiger partial charge in [-0.3, -0.25) is 4.98 Å². The predicted molar refractivity (Wildman–Crippen MR) is 93.0 cm³/mol. The first-order chi connectivity index (χ1) is 13.1. The molecule has 0 atom stereocenters. The lowest BCUT2D eigenvalue weighted by Gasteiger charge is -2.06. The Morgan fingerprint density at radius 1 is 1.14 bits per heavy atom. The van der Waals surface area contributed by atoms with Crippen molar-refractivity contribution < 1.29 is 37.7 Å². The van der Waals surface area contributed by atoms with E-state index in [1.165, 1.54) is 0 Å². The van der Waals surface area contributed by atoms with E-state index in [9.17, 15) is 23.1 Å². The Hall–Kier alpha value is -3.76. The summed E-state index contributed by atoms with van der Waals surface area (Å²) in [7, 11) is 1.57. The molecule has 0 radical (unpaired) electrons. The third kappa shape index (κ3) is 4.90. The number of aromatic amines is 1. The van der Waals surface area contributed by atoms with Crippen LogP contribution in [-0.2, 0) is 4.79 Å². The lowest BCUT2D eigenvalue weighted by molar-refractivity contribution is -0.192. The number of halogens is 3. The number of methoxy groups -OCH3 is 1. The molecule has 2 heterocycles. The molecule has 11 heteroatoms. The molecular formula is C17H14F3N3O5. The maximum Gasteiger partial charge on any atom is 0.490 e. The van der Waals surface area contributed by atoms with Gasteiger partial charge in [-0.25, -0.2) is 9.59 Å². The number of hydrogen-bond acceptors (Lipinski definition) is 5. The lowest BCUT2D eigenvalue weighted by atomic mass is 10.2. The minimum atomic E-state index is -5.08. The summed E-state index contributed by atoms with van der Waals surface area (Å²) in [6.07, 6.45) is -1.81. The number of aromatic carboxylic acids is 1. The van der Waals surface area contributed by atoms with Crippen LogP contribution in [0.15, 0.2) is 42.7 Å². The zero-order valence-electron chi connectivity index (χ0n) is 14.2. The number of ether oxygens (including phenoxy) is 1. The summed E-state index contributed by atoms with van der Waals surface area (Å²) in [5.74, 6) is -3.12. The molecule has 0 unspecified atom stereocenters. The van der Waals surface area contributed by atoms with Gasteiger partial charge in [-0.1, -0.05) is 0 Å². The highest BCUT2D eigenvalue weighted by molar-refractivity contribution is 6.07. The van der Waals surface area contributed by atoms with E-state index in [2.05, 4.69) is 15.3 Å². The number of aromatic nitrogens is 2. The van der Waals surface area contributed by atoms with Crippen LogP contribution in [-0.4, -0.2) is 45.4 Å². The number of carbonyl (C=O) groups is 2. The van der Waals surface area contributed by atoms with Gasteiger partial charge in [0, 0.05) is 29.0 Å². The summed E-state index contributed by atoms with van der Waals surface area (Å²) in [5, 5.41) is 20.4. The standard InChI is InChI=1S/C15H13N3O3.C2HF3O2/c1-21-10-2-3-12-11(8-10)13(14(18-12)15(19)20)17-9-4-6-16-7-5-9;3-2(4,5)1(6)7/h2-8,18H,1H3,(H,16,17)(H,19,20);(H,6,7). The van der Waals surface area contributed by atoms with Crippen molar-refractivity contribution in [1.82, 2.24) is 9.97 Å². The molecule has 2 aromatic heterocycles. The van der Waals surface area contributed by atoms with Crippen molar-refractivity contribution in [3.63, 3.8) is 0 Å². The first kappa shape index (κ1) is 20.6. The Labute approximate surface area is 155 Å². The summed E-state index contributed by atoms with van der Waals surface area (Å²) in [6, 6.07) is 8.90. The number of hydrogen-bond donors (Lipinski definition) is 4. The average Bonchev–Trinajstić information content (AvgIpc) is 3.00. The summed E-state index contributed by atoms with van der Waals surface area (Å²) in [4.78, 5) is 27.2. The highest BCUT2D eigenvalue weighted by Crippen LogP contribution is 2.33. The first-order valence-corrected chi connectivity index (χ1v) is 7.53. The summed E-state index contributed by atoms with van der Waals surface area (Å²) < 4.78 is 36.9. The molecule has 0 aliphatic heterocycles. The van der Waals surface area contributed by atoms with Gasteiger partial charge < -0.3 is 25.3 Å². The number of nitrogens with zero attached hydrogens (tertiary/aromatic N) is 1. The third-order valence-corrected chi connectivity index (χ3v) is 3.41. The first-order valence-electron chi connectivity index (χ1n) is 7.53. The van der Waals surface area contributed by atoms with Crippen molar-refractivity contribution in [1.29, 1.82) is 0 Å². The number of carboxylic acid groups (broad SMARTS) is 2. The van der Waals surface area contributed by atoms with Crippen molar-refractivity contribution in [3.8, 4) is 5.75 Å². The van der Waals surface area contributed by atoms with Gasteiger partial charge in [0.1, 0.15) is 11.4 Å². The summed E-state index contributed by atoms with van der Waals surface area (Å²) in [6.45, 7) is 0. The van der Waals surface area contributed by atoms with E-state index in [0.717, 1.165) is 16.6 Å². The van der Waals surface area contributed by atoms with E-state index < -0.39 is 18.1 Å². The number of pyridine rings is 1. The van der Waals surface area contributed by atoms with Crippen molar-refractivity contribution in [2.45, 2.75) is 6.18 Å². The smallest absolute Gasteiger partial charge is 0.490 e. The number of aliphatic carboxylic acids is 1. The van der Waals surface area contributed by atoms with Crippen LogP contribution in [0.4, 0.5) is 24.5 Å². The number of rotatable bonds is 4. The monoisotopic (exact) mass is 397 g/mol. The molecule has 8 nitrogen and oxygen atoms in total. The Morgan fingerprint density at radius 3 is 2.25 bits per heavy atom. The zero-order chi connectivity index (χ0) is 20.9. The van der Waals surface area contributed by atoms with Gasteiger partial charge in [-0.05, 0) is 30.3 Å². The van der Waals surface area contributed by atoms with Crippen molar-refractivity contribution in [3.05, 3.63) is 48.4 Å². The number of H-pyrrole nitrogens is 1. The Morgan fingerprint density at radius 2 is 1.75 bits per heavy atom. The molecule has 4 N–H and O–H groups in total. The highest BCUT2D eigenvalue weighted by atomic mass is 19.4. The number of nitrogens with one attached hydrogen (secondary N) is 2. The molecule has 1 aromatic carbocycles. The second kappa shape index (κ2) is 8.29. The number of fused-ring (bicyclic) bond motifs is 1. The van der Waals surface area contributed by atoms with Crippen LogP contribution in [0.5, 0.6) is 5.75 Å². The fourth-order valence-corrected chi connectivity index (χ4v) is 2.17. The fourth-order valence-electron chi connectivity index (χ4n) is 2.17. The maximum absolute atomic E-state index is 11.4. The van der Waals surface area contributed by atoms with E-state index in [1.54, 1.807) is 49.8 Å². The van der Waals surface area contributed by atoms with Crippen LogP contribution in [0.1, 0.15) is 10.5 Å². The SMILES string of the molecule is COc1ccc2[nH]c(C(=O)O)c(Nc3ccncc3)c2c1.O=C(O)C(F)(F)F. The molecule has 0 spiro atoms. The third-order valence-electron chi connectivity index (χ3n) is 3.41. The van der Waals surface area contributed by atoms with E-state index in [4.69, 9.17) is 14.6 Å². The molecule has 3 rings (SSSR count). The van der Waals surface area contributed by atoms with Gasteiger partial charge in [-0.2, -0.15) is 13.2 Å². The van der Waals surface area contributed by atoms with Gasteiger partial charge in [0.15, 0.2) is 0 Å². The molecule has 28 heavy (non-hydrogen) atoms. The Kier molecular flexibility index (Phi) is 6.08. The van der Waals surface area contributed by atoms with Crippen LogP contribution in [0.2, 0.25) is 0 Å².